The van der Waals surface area contributed by atoms with Crippen molar-refractivity contribution in [2.45, 2.75) is 46.3 Å². The Labute approximate surface area is 198 Å². The van der Waals surface area contributed by atoms with Crippen molar-refractivity contribution in [3.63, 3.8) is 0 Å². The third kappa shape index (κ3) is 7.14. The summed E-state index contributed by atoms with van der Waals surface area (Å²) in [6.07, 6.45) is 0.799. The molecule has 1 fully saturated rings. The summed E-state index contributed by atoms with van der Waals surface area (Å²) in [5, 5.41) is 6.03. The lowest BCUT2D eigenvalue weighted by Gasteiger charge is -2.34. The van der Waals surface area contributed by atoms with Gasteiger partial charge >= 0.3 is 0 Å². The fourth-order valence-electron chi connectivity index (χ4n) is 4.20. The summed E-state index contributed by atoms with van der Waals surface area (Å²) in [5.74, 6) is -0.328. The van der Waals surface area contributed by atoms with Crippen LogP contribution < -0.4 is 10.6 Å². The van der Waals surface area contributed by atoms with Crippen molar-refractivity contribution in [1.82, 2.24) is 20.4 Å². The molecular formula is C27H38N4O2. The average Bonchev–Trinajstić information content (AvgIpc) is 2.87. The zero-order valence-electron chi connectivity index (χ0n) is 20.2. The molecule has 2 unspecified atom stereocenters. The van der Waals surface area contributed by atoms with Crippen molar-refractivity contribution < 1.29 is 9.59 Å². The van der Waals surface area contributed by atoms with Gasteiger partial charge in [-0.1, -0.05) is 69.7 Å². The first-order chi connectivity index (χ1) is 16.0. The standard InChI is InChI=1S/C27H38N4O2/c1-4-21(3)25(29-26(32)22-11-7-6-8-12-22)27(33)28-19-23-13-9-10-14-24(23)20-31-17-15-30(5-2)16-18-31/h6-14,21,25H,4-5,15-20H2,1-3H3,(H,28,33)(H,29,32). The number of nitrogens with zero attached hydrogens (tertiary/aromatic N) is 2. The third-order valence-electron chi connectivity index (χ3n) is 6.70. The molecule has 0 saturated carbocycles. The van der Waals surface area contributed by atoms with Crippen LogP contribution in [-0.2, 0) is 17.9 Å². The minimum atomic E-state index is -0.572. The van der Waals surface area contributed by atoms with E-state index in [2.05, 4.69) is 45.6 Å². The SMILES string of the molecule is CCC(C)C(NC(=O)c1ccccc1)C(=O)NCc1ccccc1CN1CCN(CC)CC1. The van der Waals surface area contributed by atoms with Crippen LogP contribution >= 0.6 is 0 Å². The molecule has 1 saturated heterocycles. The Hall–Kier alpha value is -2.70. The number of nitrogens with one attached hydrogen (secondary N) is 2. The summed E-state index contributed by atoms with van der Waals surface area (Å²) in [5.41, 5.74) is 2.93. The van der Waals surface area contributed by atoms with Gasteiger partial charge in [0.05, 0.1) is 0 Å². The summed E-state index contributed by atoms with van der Waals surface area (Å²) in [6, 6.07) is 16.8. The first-order valence-electron chi connectivity index (χ1n) is 12.2. The zero-order valence-corrected chi connectivity index (χ0v) is 20.2. The summed E-state index contributed by atoms with van der Waals surface area (Å²) in [7, 11) is 0. The number of piperazine rings is 1. The van der Waals surface area contributed by atoms with Crippen LogP contribution in [0.5, 0.6) is 0 Å². The second-order valence-electron chi connectivity index (χ2n) is 8.90. The molecule has 0 aliphatic carbocycles. The van der Waals surface area contributed by atoms with E-state index in [0.717, 1.165) is 51.3 Å². The Kier molecular flexibility index (Phi) is 9.46. The molecule has 1 aliphatic rings. The van der Waals surface area contributed by atoms with Gasteiger partial charge in [0.2, 0.25) is 5.91 Å². The van der Waals surface area contributed by atoms with Crippen LogP contribution in [0.2, 0.25) is 0 Å². The van der Waals surface area contributed by atoms with E-state index in [1.165, 1.54) is 5.56 Å². The Bertz CT molecular complexity index is 894. The largest absolute Gasteiger partial charge is 0.350 e. The van der Waals surface area contributed by atoms with Crippen molar-refractivity contribution in [1.29, 1.82) is 0 Å². The molecule has 3 rings (SSSR count). The summed E-state index contributed by atoms with van der Waals surface area (Å²) >= 11 is 0. The van der Waals surface area contributed by atoms with Gasteiger partial charge in [-0.25, -0.2) is 0 Å². The lowest BCUT2D eigenvalue weighted by Crippen LogP contribution is -2.50. The molecule has 1 aliphatic heterocycles. The quantitative estimate of drug-likeness (QED) is 0.583. The fraction of sp³-hybridized carbons (Fsp3) is 0.481. The summed E-state index contributed by atoms with van der Waals surface area (Å²) < 4.78 is 0. The van der Waals surface area contributed by atoms with E-state index < -0.39 is 6.04 Å². The molecule has 1 heterocycles. The highest BCUT2D eigenvalue weighted by Crippen LogP contribution is 2.15. The Morgan fingerprint density at radius 2 is 1.48 bits per heavy atom. The Balaban J connectivity index is 1.61. The molecule has 33 heavy (non-hydrogen) atoms. The predicted molar refractivity (Wildman–Crippen MR) is 133 cm³/mol. The molecule has 2 atom stereocenters. The lowest BCUT2D eigenvalue weighted by atomic mass is 9.97. The van der Waals surface area contributed by atoms with E-state index >= 15 is 0 Å². The molecule has 2 N–H and O–H groups in total. The second kappa shape index (κ2) is 12.5. The highest BCUT2D eigenvalue weighted by Gasteiger charge is 2.26. The zero-order chi connectivity index (χ0) is 23.6. The van der Waals surface area contributed by atoms with E-state index in [4.69, 9.17) is 0 Å². The van der Waals surface area contributed by atoms with Crippen molar-refractivity contribution in [3.8, 4) is 0 Å². The first kappa shape index (κ1) is 24.9. The maximum atomic E-state index is 13.1. The van der Waals surface area contributed by atoms with Gasteiger partial charge in [-0.2, -0.15) is 0 Å². The average molecular weight is 451 g/mol. The van der Waals surface area contributed by atoms with Crippen LogP contribution in [0.3, 0.4) is 0 Å². The topological polar surface area (TPSA) is 64.7 Å². The summed E-state index contributed by atoms with van der Waals surface area (Å²) in [4.78, 5) is 30.7. The van der Waals surface area contributed by atoms with Crippen LogP contribution in [0.4, 0.5) is 0 Å². The minimum Gasteiger partial charge on any atom is -0.350 e. The number of carbonyl (C=O) groups is 2. The molecule has 6 nitrogen and oxygen atoms in total. The van der Waals surface area contributed by atoms with Gasteiger partial charge in [0.1, 0.15) is 6.04 Å². The first-order valence-corrected chi connectivity index (χ1v) is 12.2. The van der Waals surface area contributed by atoms with E-state index in [-0.39, 0.29) is 17.7 Å². The van der Waals surface area contributed by atoms with Gasteiger partial charge in [0.15, 0.2) is 0 Å². The van der Waals surface area contributed by atoms with E-state index in [0.29, 0.717) is 12.1 Å². The monoisotopic (exact) mass is 450 g/mol. The van der Waals surface area contributed by atoms with E-state index in [1.807, 2.05) is 38.1 Å². The maximum absolute atomic E-state index is 13.1. The van der Waals surface area contributed by atoms with Crippen LogP contribution in [0.25, 0.3) is 0 Å². The molecule has 2 amide bonds. The Morgan fingerprint density at radius 3 is 2.12 bits per heavy atom. The number of hydrogen-bond acceptors (Lipinski definition) is 4. The third-order valence-corrected chi connectivity index (χ3v) is 6.70. The van der Waals surface area contributed by atoms with Crippen LogP contribution in [0.1, 0.15) is 48.7 Å². The van der Waals surface area contributed by atoms with Crippen molar-refractivity contribution in [3.05, 3.63) is 71.3 Å². The normalized spacial score (nSPS) is 16.7. The molecule has 2 aromatic rings. The number of hydrogen-bond donors (Lipinski definition) is 2. The van der Waals surface area contributed by atoms with E-state index in [9.17, 15) is 9.59 Å². The molecule has 0 aromatic heterocycles. The van der Waals surface area contributed by atoms with Gasteiger partial charge in [-0.15, -0.1) is 0 Å². The number of rotatable bonds is 10. The van der Waals surface area contributed by atoms with Gasteiger partial charge in [0, 0.05) is 44.8 Å². The number of likely N-dealkylation sites (N-methyl/N-ethyl adjacent to an activating group) is 1. The molecule has 178 valence electrons. The molecule has 0 bridgehead atoms. The number of amides is 2. The van der Waals surface area contributed by atoms with Crippen molar-refractivity contribution in [2.75, 3.05) is 32.7 Å². The number of benzene rings is 2. The minimum absolute atomic E-state index is 0.0303. The van der Waals surface area contributed by atoms with Crippen molar-refractivity contribution in [2.24, 2.45) is 5.92 Å². The molecule has 0 radical (unpaired) electrons. The Morgan fingerprint density at radius 1 is 0.879 bits per heavy atom. The van der Waals surface area contributed by atoms with Gasteiger partial charge in [-0.05, 0) is 35.7 Å². The van der Waals surface area contributed by atoms with Crippen molar-refractivity contribution >= 4 is 11.8 Å². The highest BCUT2D eigenvalue weighted by atomic mass is 16.2. The molecule has 6 heteroatoms. The second-order valence-corrected chi connectivity index (χ2v) is 8.90. The van der Waals surface area contributed by atoms with Gasteiger partial charge in [-0.3, -0.25) is 14.5 Å². The highest BCUT2D eigenvalue weighted by molar-refractivity contribution is 5.97. The summed E-state index contributed by atoms with van der Waals surface area (Å²) in [6.45, 7) is 13.0. The van der Waals surface area contributed by atoms with Crippen LogP contribution in [0, 0.1) is 5.92 Å². The van der Waals surface area contributed by atoms with Gasteiger partial charge < -0.3 is 15.5 Å². The lowest BCUT2D eigenvalue weighted by molar-refractivity contribution is -0.124. The maximum Gasteiger partial charge on any atom is 0.251 e. The molecule has 2 aromatic carbocycles. The van der Waals surface area contributed by atoms with Crippen LogP contribution in [-0.4, -0.2) is 60.4 Å². The number of carbonyl (C=O) groups excluding carboxylic acids is 2. The van der Waals surface area contributed by atoms with Gasteiger partial charge in [0.25, 0.3) is 5.91 Å². The molecular weight excluding hydrogens is 412 g/mol. The smallest absolute Gasteiger partial charge is 0.251 e. The molecule has 0 spiro atoms. The van der Waals surface area contributed by atoms with Crippen LogP contribution in [0.15, 0.2) is 54.6 Å². The fourth-order valence-corrected chi connectivity index (χ4v) is 4.20. The van der Waals surface area contributed by atoms with E-state index in [1.54, 1.807) is 12.1 Å². The predicted octanol–water partition coefficient (Wildman–Crippen LogP) is 3.29.